The van der Waals surface area contributed by atoms with Crippen molar-refractivity contribution in [2.45, 2.75) is 0 Å². The van der Waals surface area contributed by atoms with Crippen LogP contribution in [0.25, 0.3) is 82.6 Å². The molecule has 2 heterocycles. The predicted molar refractivity (Wildman–Crippen MR) is 180 cm³/mol. The Balaban J connectivity index is 1.37. The number of nitrogens with zero attached hydrogens (tertiary/aromatic N) is 3. The van der Waals surface area contributed by atoms with E-state index in [0.29, 0.717) is 0 Å². The summed E-state index contributed by atoms with van der Waals surface area (Å²) in [5, 5.41) is 7.01. The highest BCUT2D eigenvalue weighted by Crippen LogP contribution is 2.41. The van der Waals surface area contributed by atoms with Gasteiger partial charge in [-0.2, -0.15) is 0 Å². The zero-order valence-corrected chi connectivity index (χ0v) is 23.3. The molecule has 7 aromatic carbocycles. The van der Waals surface area contributed by atoms with Gasteiger partial charge in [0.25, 0.3) is 0 Å². The highest BCUT2D eigenvalue weighted by Gasteiger charge is 2.18. The van der Waals surface area contributed by atoms with Gasteiger partial charge in [0.05, 0.1) is 22.1 Å². The van der Waals surface area contributed by atoms with Crippen LogP contribution in [-0.4, -0.2) is 14.5 Å². The van der Waals surface area contributed by atoms with Crippen LogP contribution < -0.4 is 0 Å². The number of benzene rings is 7. The van der Waals surface area contributed by atoms with E-state index in [1.54, 1.807) is 0 Å². The highest BCUT2D eigenvalue weighted by molar-refractivity contribution is 6.21. The Kier molecular flexibility index (Phi) is 5.20. The average molecular weight is 548 g/mol. The zero-order valence-electron chi connectivity index (χ0n) is 23.3. The van der Waals surface area contributed by atoms with Crippen LogP contribution in [0.3, 0.4) is 0 Å². The lowest BCUT2D eigenvalue weighted by Gasteiger charge is -2.16. The lowest BCUT2D eigenvalue weighted by molar-refractivity contribution is 1.10. The highest BCUT2D eigenvalue weighted by atomic mass is 15.1. The van der Waals surface area contributed by atoms with Gasteiger partial charge in [0.15, 0.2) is 0 Å². The molecular formula is C40H25N3. The van der Waals surface area contributed by atoms with Crippen molar-refractivity contribution in [1.29, 1.82) is 0 Å². The van der Waals surface area contributed by atoms with Gasteiger partial charge in [-0.3, -0.25) is 4.57 Å². The molecule has 0 saturated heterocycles. The summed E-state index contributed by atoms with van der Waals surface area (Å²) in [5.41, 5.74) is 8.62. The van der Waals surface area contributed by atoms with E-state index >= 15 is 0 Å². The maximum atomic E-state index is 5.37. The van der Waals surface area contributed by atoms with Crippen molar-refractivity contribution in [1.82, 2.24) is 14.5 Å². The molecule has 200 valence electrons. The Morgan fingerprint density at radius 1 is 0.419 bits per heavy atom. The van der Waals surface area contributed by atoms with Gasteiger partial charge >= 0.3 is 0 Å². The van der Waals surface area contributed by atoms with Gasteiger partial charge in [-0.15, -0.1) is 0 Å². The molecule has 3 heteroatoms. The first-order chi connectivity index (χ1) is 21.3. The van der Waals surface area contributed by atoms with Crippen molar-refractivity contribution in [2.75, 3.05) is 0 Å². The van der Waals surface area contributed by atoms with Gasteiger partial charge in [0, 0.05) is 38.4 Å². The molecule has 9 rings (SSSR count). The number of hydrogen-bond donors (Lipinski definition) is 0. The number of aromatic nitrogens is 3. The summed E-state index contributed by atoms with van der Waals surface area (Å²) in [6, 6.07) is 53.7. The lowest BCUT2D eigenvalue weighted by Crippen LogP contribution is -1.97. The average Bonchev–Trinajstić information content (AvgIpc) is 3.47. The van der Waals surface area contributed by atoms with Crippen LogP contribution in [0.5, 0.6) is 0 Å². The summed E-state index contributed by atoms with van der Waals surface area (Å²) in [5.74, 6) is 0.924. The number of hydrogen-bond acceptors (Lipinski definition) is 2. The first-order valence-corrected chi connectivity index (χ1v) is 14.6. The topological polar surface area (TPSA) is 30.7 Å². The molecule has 0 aliphatic heterocycles. The Morgan fingerprint density at radius 3 is 1.74 bits per heavy atom. The van der Waals surface area contributed by atoms with E-state index in [-0.39, 0.29) is 0 Å². The third-order valence-electron chi connectivity index (χ3n) is 8.55. The summed E-state index contributed by atoms with van der Waals surface area (Å²) in [6.07, 6.45) is 0. The van der Waals surface area contributed by atoms with Crippen molar-refractivity contribution >= 4 is 54.4 Å². The summed E-state index contributed by atoms with van der Waals surface area (Å²) in [7, 11) is 0. The normalized spacial score (nSPS) is 11.7. The minimum Gasteiger partial charge on any atom is -0.292 e. The van der Waals surface area contributed by atoms with E-state index in [9.17, 15) is 0 Å². The van der Waals surface area contributed by atoms with Crippen molar-refractivity contribution < 1.29 is 0 Å². The van der Waals surface area contributed by atoms with E-state index in [1.807, 2.05) is 0 Å². The maximum Gasteiger partial charge on any atom is 0.145 e. The molecule has 0 spiro atoms. The smallest absolute Gasteiger partial charge is 0.145 e. The molecule has 0 radical (unpaired) electrons. The van der Waals surface area contributed by atoms with Crippen LogP contribution >= 0.6 is 0 Å². The molecule has 0 bridgehead atoms. The van der Waals surface area contributed by atoms with Gasteiger partial charge < -0.3 is 0 Å². The zero-order chi connectivity index (χ0) is 28.3. The van der Waals surface area contributed by atoms with E-state index in [0.717, 1.165) is 66.3 Å². The van der Waals surface area contributed by atoms with Crippen molar-refractivity contribution in [3.63, 3.8) is 0 Å². The van der Waals surface area contributed by atoms with Crippen LogP contribution in [0.1, 0.15) is 0 Å². The summed E-state index contributed by atoms with van der Waals surface area (Å²) < 4.78 is 2.26. The minimum absolute atomic E-state index is 0.924. The summed E-state index contributed by atoms with van der Waals surface area (Å²) in [6.45, 7) is 0. The van der Waals surface area contributed by atoms with Crippen LogP contribution in [0.2, 0.25) is 0 Å². The fourth-order valence-electron chi connectivity index (χ4n) is 6.59. The van der Waals surface area contributed by atoms with Gasteiger partial charge in [-0.1, -0.05) is 121 Å². The molecular weight excluding hydrogens is 522 g/mol. The minimum atomic E-state index is 0.924. The summed E-state index contributed by atoms with van der Waals surface area (Å²) >= 11 is 0. The van der Waals surface area contributed by atoms with Crippen LogP contribution in [0, 0.1) is 0 Å². The second kappa shape index (κ2) is 9.37. The van der Waals surface area contributed by atoms with Gasteiger partial charge in [0.2, 0.25) is 0 Å². The molecule has 3 nitrogen and oxygen atoms in total. The predicted octanol–water partition coefficient (Wildman–Crippen LogP) is 10.4. The maximum absolute atomic E-state index is 5.37. The molecule has 9 aromatic rings. The Labute approximate surface area is 248 Å². The fourth-order valence-corrected chi connectivity index (χ4v) is 6.59. The monoisotopic (exact) mass is 547 g/mol. The molecule has 0 atom stereocenters. The standard InChI is InChI=1S/C40H25N3/c1-2-15-30(16-3-1)43-36-20-9-8-19-35(36)41-40(43)29-14-10-13-28(25-29)37-33-23-21-26-11-4-6-17-31(26)38(33)42-39-32-18-7-5-12-27(32)22-24-34(37)39/h1-25H. The van der Waals surface area contributed by atoms with E-state index in [2.05, 4.69) is 156 Å². The third-order valence-corrected chi connectivity index (χ3v) is 8.55. The van der Waals surface area contributed by atoms with E-state index < -0.39 is 0 Å². The Hall–Kier alpha value is -5.80. The first-order valence-electron chi connectivity index (χ1n) is 14.6. The molecule has 0 unspecified atom stereocenters. The first kappa shape index (κ1) is 23.9. The van der Waals surface area contributed by atoms with E-state index in [1.165, 1.54) is 16.3 Å². The number of para-hydroxylation sites is 3. The Morgan fingerprint density at radius 2 is 1.02 bits per heavy atom. The van der Waals surface area contributed by atoms with Gasteiger partial charge in [-0.05, 0) is 46.7 Å². The van der Waals surface area contributed by atoms with Gasteiger partial charge in [0.1, 0.15) is 5.82 Å². The molecule has 0 aliphatic carbocycles. The van der Waals surface area contributed by atoms with E-state index in [4.69, 9.17) is 9.97 Å². The quantitative estimate of drug-likeness (QED) is 0.163. The van der Waals surface area contributed by atoms with Crippen molar-refractivity contribution in [3.05, 3.63) is 152 Å². The molecule has 0 fully saturated rings. The fraction of sp³-hybridized carbons (Fsp3) is 0. The SMILES string of the molecule is c1ccc(-n2c(-c3cccc(-c4c5ccc6ccccc6c5nc5c4ccc4ccccc45)c3)nc3ccccc32)cc1. The van der Waals surface area contributed by atoms with Crippen molar-refractivity contribution in [3.8, 4) is 28.2 Å². The largest absolute Gasteiger partial charge is 0.292 e. The van der Waals surface area contributed by atoms with Crippen LogP contribution in [0.4, 0.5) is 0 Å². The number of rotatable bonds is 3. The number of fused-ring (bicyclic) bond motifs is 7. The number of pyridine rings is 1. The summed E-state index contributed by atoms with van der Waals surface area (Å²) in [4.78, 5) is 10.5. The lowest BCUT2D eigenvalue weighted by atomic mass is 9.92. The van der Waals surface area contributed by atoms with Gasteiger partial charge in [-0.25, -0.2) is 9.97 Å². The molecule has 0 amide bonds. The molecule has 0 aliphatic rings. The van der Waals surface area contributed by atoms with Crippen LogP contribution in [0.15, 0.2) is 152 Å². The third kappa shape index (κ3) is 3.68. The number of imidazole rings is 1. The molecule has 43 heavy (non-hydrogen) atoms. The Bertz CT molecular complexity index is 2410. The molecule has 0 N–H and O–H groups in total. The molecule has 0 saturated carbocycles. The molecule has 2 aromatic heterocycles. The second-order valence-electron chi connectivity index (χ2n) is 11.0. The van der Waals surface area contributed by atoms with Crippen molar-refractivity contribution in [2.24, 2.45) is 0 Å². The second-order valence-corrected chi connectivity index (χ2v) is 11.0. The van der Waals surface area contributed by atoms with Crippen LogP contribution in [-0.2, 0) is 0 Å².